The van der Waals surface area contributed by atoms with Crippen LogP contribution in [0.25, 0.3) is 10.2 Å². The van der Waals surface area contributed by atoms with Crippen LogP contribution in [0.4, 0.5) is 0 Å². The largest absolute Gasteiger partial charge is 0.308 e. The van der Waals surface area contributed by atoms with Gasteiger partial charge in [0.05, 0.1) is 5.39 Å². The van der Waals surface area contributed by atoms with Crippen LogP contribution >= 0.6 is 11.3 Å². The smallest absolute Gasteiger partial charge is 0.259 e. The summed E-state index contributed by atoms with van der Waals surface area (Å²) in [6.07, 6.45) is 4.58. The normalized spacial score (nSPS) is 13.5. The number of hydrogen-bond donors (Lipinski definition) is 1. The monoisotopic (exact) mass is 298 g/mol. The highest BCUT2D eigenvalue weighted by molar-refractivity contribution is 7.18. The van der Waals surface area contributed by atoms with Gasteiger partial charge in [-0.15, -0.1) is 16.4 Å². The van der Waals surface area contributed by atoms with E-state index in [0.29, 0.717) is 12.4 Å². The maximum atomic E-state index is 12.3. The van der Waals surface area contributed by atoms with Crippen LogP contribution in [0, 0.1) is 11.3 Å². The van der Waals surface area contributed by atoms with E-state index in [0.717, 1.165) is 29.5 Å². The lowest BCUT2D eigenvalue weighted by Gasteiger charge is -2.01. The van der Waals surface area contributed by atoms with Gasteiger partial charge in [0.15, 0.2) is 0 Å². The number of aryl methyl sites for hydroxylation is 2. The number of nitrogens with one attached hydrogen (secondary N) is 1. The van der Waals surface area contributed by atoms with Crippen molar-refractivity contribution >= 4 is 21.6 Å². The lowest BCUT2D eigenvalue weighted by atomic mass is 10.2. The van der Waals surface area contributed by atoms with Crippen LogP contribution in [-0.2, 0) is 19.4 Å². The zero-order valence-electron chi connectivity index (χ0n) is 11.0. The van der Waals surface area contributed by atoms with E-state index in [9.17, 15) is 4.79 Å². The van der Waals surface area contributed by atoms with Gasteiger partial charge in [0.2, 0.25) is 0 Å². The van der Waals surface area contributed by atoms with Gasteiger partial charge in [-0.25, -0.2) is 14.6 Å². The molecule has 21 heavy (non-hydrogen) atoms. The second-order valence-corrected chi connectivity index (χ2v) is 6.01. The molecule has 0 aliphatic heterocycles. The number of rotatable bonds is 2. The van der Waals surface area contributed by atoms with Crippen LogP contribution < -0.4 is 5.56 Å². The van der Waals surface area contributed by atoms with Crippen molar-refractivity contribution in [3.8, 4) is 6.07 Å². The first-order valence-electron chi connectivity index (χ1n) is 6.57. The number of fused-ring (bicyclic) bond motifs is 3. The molecule has 0 radical (unpaired) electrons. The van der Waals surface area contributed by atoms with Gasteiger partial charge in [0.25, 0.3) is 11.4 Å². The number of nitrogens with zero attached hydrogens (tertiary/aromatic N) is 5. The molecule has 1 aliphatic rings. The lowest BCUT2D eigenvalue weighted by Crippen LogP contribution is -2.14. The van der Waals surface area contributed by atoms with Gasteiger partial charge in [-0.2, -0.15) is 5.26 Å². The first-order chi connectivity index (χ1) is 10.2. The number of thiophene rings is 1. The van der Waals surface area contributed by atoms with Crippen LogP contribution in [0.2, 0.25) is 0 Å². The van der Waals surface area contributed by atoms with Gasteiger partial charge in [0, 0.05) is 4.88 Å². The molecular formula is C13H10N6OS. The van der Waals surface area contributed by atoms with Gasteiger partial charge in [-0.3, -0.25) is 4.79 Å². The van der Waals surface area contributed by atoms with Crippen molar-refractivity contribution in [2.45, 2.75) is 25.8 Å². The molecular weight excluding hydrogens is 288 g/mol. The Morgan fingerprint density at radius 1 is 1.48 bits per heavy atom. The van der Waals surface area contributed by atoms with Crippen LogP contribution in [-0.4, -0.2) is 24.7 Å². The summed E-state index contributed by atoms with van der Waals surface area (Å²) in [6, 6.07) is 1.87. The molecule has 4 rings (SSSR count). The van der Waals surface area contributed by atoms with Gasteiger partial charge < -0.3 is 4.98 Å². The summed E-state index contributed by atoms with van der Waals surface area (Å²) in [5, 5.41) is 13.4. The molecule has 3 aromatic heterocycles. The fourth-order valence-corrected chi connectivity index (χ4v) is 3.98. The summed E-state index contributed by atoms with van der Waals surface area (Å²) < 4.78 is 1.49. The number of hydrogen-bond acceptors (Lipinski definition) is 6. The van der Waals surface area contributed by atoms with E-state index in [1.165, 1.54) is 21.4 Å². The minimum Gasteiger partial charge on any atom is -0.308 e. The highest BCUT2D eigenvalue weighted by Crippen LogP contribution is 2.34. The molecule has 0 saturated heterocycles. The second kappa shape index (κ2) is 4.49. The maximum Gasteiger partial charge on any atom is 0.259 e. The van der Waals surface area contributed by atoms with Gasteiger partial charge >= 0.3 is 0 Å². The minimum atomic E-state index is -0.0879. The van der Waals surface area contributed by atoms with E-state index in [1.807, 2.05) is 6.07 Å². The van der Waals surface area contributed by atoms with E-state index >= 15 is 0 Å². The molecule has 1 aliphatic carbocycles. The Balaban J connectivity index is 1.77. The fraction of sp³-hybridized carbons (Fsp3) is 0.308. The minimum absolute atomic E-state index is 0.0879. The Kier molecular flexibility index (Phi) is 2.62. The Morgan fingerprint density at radius 2 is 2.38 bits per heavy atom. The molecule has 7 nitrogen and oxygen atoms in total. The maximum absolute atomic E-state index is 12.3. The molecule has 3 heterocycles. The van der Waals surface area contributed by atoms with Crippen molar-refractivity contribution in [3.05, 3.63) is 38.8 Å². The number of aromatic amines is 1. The molecule has 3 aromatic rings. The average molecular weight is 298 g/mol. The van der Waals surface area contributed by atoms with Crippen molar-refractivity contribution < 1.29 is 0 Å². The van der Waals surface area contributed by atoms with Gasteiger partial charge in [-0.05, 0) is 24.8 Å². The van der Waals surface area contributed by atoms with E-state index in [-0.39, 0.29) is 11.4 Å². The SMILES string of the molecule is N#Cc1ncn(Cc2nc3sc4c(c3c(=O)[nH]2)CCC4)n1. The van der Waals surface area contributed by atoms with Crippen LogP contribution in [0.3, 0.4) is 0 Å². The summed E-state index contributed by atoms with van der Waals surface area (Å²) in [5.74, 6) is 0.635. The molecule has 0 bridgehead atoms. The fourth-order valence-electron chi connectivity index (χ4n) is 2.70. The van der Waals surface area contributed by atoms with Gasteiger partial charge in [0.1, 0.15) is 29.6 Å². The number of nitriles is 1. The molecule has 0 spiro atoms. The van der Waals surface area contributed by atoms with E-state index in [1.54, 1.807) is 11.3 Å². The standard InChI is InChI=1S/C13H10N6OS/c14-4-9-15-6-19(18-9)5-10-16-12(20)11-7-2-1-3-8(7)21-13(11)17-10/h6H,1-3,5H2,(H,16,17,20). The summed E-state index contributed by atoms with van der Waals surface area (Å²) in [4.78, 5) is 25.5. The van der Waals surface area contributed by atoms with Crippen molar-refractivity contribution in [2.75, 3.05) is 0 Å². The van der Waals surface area contributed by atoms with Gasteiger partial charge in [-0.1, -0.05) is 0 Å². The number of aromatic nitrogens is 5. The molecule has 0 aromatic carbocycles. The summed E-state index contributed by atoms with van der Waals surface area (Å²) >= 11 is 1.61. The number of H-pyrrole nitrogens is 1. The molecule has 0 unspecified atom stereocenters. The van der Waals surface area contributed by atoms with Crippen LogP contribution in [0.1, 0.15) is 28.5 Å². The molecule has 0 saturated carbocycles. The summed E-state index contributed by atoms with van der Waals surface area (Å²) in [6.45, 7) is 0.294. The second-order valence-electron chi connectivity index (χ2n) is 4.93. The third-order valence-corrected chi connectivity index (χ3v) is 4.76. The first kappa shape index (κ1) is 12.2. The Hall–Kier alpha value is -2.53. The summed E-state index contributed by atoms with van der Waals surface area (Å²) in [7, 11) is 0. The van der Waals surface area contributed by atoms with E-state index in [4.69, 9.17) is 5.26 Å². The molecule has 1 N–H and O–H groups in total. The molecule has 0 amide bonds. The molecule has 0 atom stereocenters. The van der Waals surface area contributed by atoms with E-state index < -0.39 is 0 Å². The quantitative estimate of drug-likeness (QED) is 0.760. The van der Waals surface area contributed by atoms with Crippen molar-refractivity contribution in [1.29, 1.82) is 5.26 Å². The van der Waals surface area contributed by atoms with E-state index in [2.05, 4.69) is 20.1 Å². The van der Waals surface area contributed by atoms with Crippen molar-refractivity contribution in [2.24, 2.45) is 0 Å². The highest BCUT2D eigenvalue weighted by atomic mass is 32.1. The Labute approximate surface area is 122 Å². The molecule has 0 fully saturated rings. The first-order valence-corrected chi connectivity index (χ1v) is 7.39. The molecule has 8 heteroatoms. The Morgan fingerprint density at radius 3 is 3.19 bits per heavy atom. The zero-order chi connectivity index (χ0) is 14.4. The predicted molar refractivity (Wildman–Crippen MR) is 76.1 cm³/mol. The summed E-state index contributed by atoms with van der Waals surface area (Å²) in [5.41, 5.74) is 1.08. The van der Waals surface area contributed by atoms with Crippen LogP contribution in [0.5, 0.6) is 0 Å². The highest BCUT2D eigenvalue weighted by Gasteiger charge is 2.21. The third kappa shape index (κ3) is 1.94. The van der Waals surface area contributed by atoms with Crippen LogP contribution in [0.15, 0.2) is 11.1 Å². The molecule has 104 valence electrons. The predicted octanol–water partition coefficient (Wildman–Crippen LogP) is 0.985. The third-order valence-electron chi connectivity index (χ3n) is 3.57. The topological polar surface area (TPSA) is 100 Å². The average Bonchev–Trinajstić information content (AvgIpc) is 3.12. The Bertz CT molecular complexity index is 944. The zero-order valence-corrected chi connectivity index (χ0v) is 11.8. The van der Waals surface area contributed by atoms with Crippen molar-refractivity contribution in [1.82, 2.24) is 24.7 Å². The lowest BCUT2D eigenvalue weighted by molar-refractivity contribution is 0.652. The van der Waals surface area contributed by atoms with Crippen molar-refractivity contribution in [3.63, 3.8) is 0 Å².